The molecule has 0 amide bonds. The van der Waals surface area contributed by atoms with E-state index in [-0.39, 0.29) is 22.4 Å². The first-order valence-corrected chi connectivity index (χ1v) is 8.71. The van der Waals surface area contributed by atoms with Gasteiger partial charge in [0.2, 0.25) is 10.0 Å². The molecule has 0 aromatic heterocycles. The zero-order chi connectivity index (χ0) is 14.6. The van der Waals surface area contributed by atoms with Crippen LogP contribution < -0.4 is 10.5 Å². The fourth-order valence-corrected chi connectivity index (χ4v) is 3.02. The van der Waals surface area contributed by atoms with Crippen molar-refractivity contribution >= 4 is 26.5 Å². The van der Waals surface area contributed by atoms with Crippen LogP contribution >= 0.6 is 0 Å². The van der Waals surface area contributed by atoms with Crippen LogP contribution in [0.2, 0.25) is 0 Å². The first-order valence-electron chi connectivity index (χ1n) is 5.61. The molecule has 0 radical (unpaired) electrons. The van der Waals surface area contributed by atoms with Crippen molar-refractivity contribution in [3.05, 3.63) is 24.0 Å². The number of rotatable bonds is 6. The van der Waals surface area contributed by atoms with Crippen molar-refractivity contribution in [3.63, 3.8) is 0 Å². The first-order chi connectivity index (χ1) is 8.74. The number of nitrogens with one attached hydrogen (secondary N) is 1. The standard InChI is InChI=1S/C11H17FN2O3S2/c1-8(18(2)15)5-6-14-19(16,17)11-7-9(12)3-4-10(11)13/h3-4,7-8,14H,5-6,13H2,1-2H3. The lowest BCUT2D eigenvalue weighted by Gasteiger charge is -2.11. The van der Waals surface area contributed by atoms with Crippen molar-refractivity contribution < 1.29 is 17.0 Å². The summed E-state index contributed by atoms with van der Waals surface area (Å²) in [6.07, 6.45) is 1.99. The van der Waals surface area contributed by atoms with Crippen LogP contribution in [0.5, 0.6) is 0 Å². The van der Waals surface area contributed by atoms with Gasteiger partial charge >= 0.3 is 0 Å². The predicted molar refractivity (Wildman–Crippen MR) is 74.1 cm³/mol. The molecule has 1 rings (SSSR count). The van der Waals surface area contributed by atoms with E-state index in [4.69, 9.17) is 5.73 Å². The van der Waals surface area contributed by atoms with Crippen LogP contribution in [0.25, 0.3) is 0 Å². The summed E-state index contributed by atoms with van der Waals surface area (Å²) in [6, 6.07) is 3.17. The molecule has 0 heterocycles. The Kier molecular flexibility index (Phi) is 5.45. The van der Waals surface area contributed by atoms with Crippen molar-refractivity contribution in [2.45, 2.75) is 23.5 Å². The highest BCUT2D eigenvalue weighted by Crippen LogP contribution is 2.19. The quantitative estimate of drug-likeness (QED) is 0.762. The summed E-state index contributed by atoms with van der Waals surface area (Å²) in [5.41, 5.74) is 5.51. The molecule has 0 saturated carbocycles. The summed E-state index contributed by atoms with van der Waals surface area (Å²) in [5, 5.41) is -0.118. The molecule has 2 unspecified atom stereocenters. The van der Waals surface area contributed by atoms with Crippen LogP contribution in [0.4, 0.5) is 10.1 Å². The molecule has 5 nitrogen and oxygen atoms in total. The zero-order valence-corrected chi connectivity index (χ0v) is 12.4. The summed E-state index contributed by atoms with van der Waals surface area (Å²) >= 11 is 0. The molecule has 2 atom stereocenters. The number of sulfonamides is 1. The fourth-order valence-electron chi connectivity index (χ4n) is 1.38. The van der Waals surface area contributed by atoms with E-state index in [9.17, 15) is 17.0 Å². The number of halogens is 1. The largest absolute Gasteiger partial charge is 0.398 e. The van der Waals surface area contributed by atoms with E-state index in [0.717, 1.165) is 12.1 Å². The Hall–Kier alpha value is -0.990. The highest BCUT2D eigenvalue weighted by Gasteiger charge is 2.18. The van der Waals surface area contributed by atoms with Crippen LogP contribution in [0, 0.1) is 5.82 Å². The topological polar surface area (TPSA) is 89.3 Å². The van der Waals surface area contributed by atoms with Gasteiger partial charge in [0.05, 0.1) is 5.69 Å². The summed E-state index contributed by atoms with van der Waals surface area (Å²) in [4.78, 5) is -0.280. The lowest BCUT2D eigenvalue weighted by atomic mass is 10.3. The van der Waals surface area contributed by atoms with Gasteiger partial charge in [0, 0.05) is 28.9 Å². The van der Waals surface area contributed by atoms with E-state index in [2.05, 4.69) is 4.72 Å². The van der Waals surface area contributed by atoms with E-state index in [1.807, 2.05) is 0 Å². The first kappa shape index (κ1) is 16.1. The van der Waals surface area contributed by atoms with Gasteiger partial charge in [-0.25, -0.2) is 17.5 Å². The van der Waals surface area contributed by atoms with Crippen molar-refractivity contribution in [2.24, 2.45) is 0 Å². The van der Waals surface area contributed by atoms with Crippen molar-refractivity contribution in [1.82, 2.24) is 4.72 Å². The third-order valence-corrected chi connectivity index (χ3v) is 5.56. The maximum absolute atomic E-state index is 13.0. The van der Waals surface area contributed by atoms with Crippen LogP contribution in [0.15, 0.2) is 23.1 Å². The van der Waals surface area contributed by atoms with Gasteiger partial charge in [0.25, 0.3) is 0 Å². The zero-order valence-electron chi connectivity index (χ0n) is 10.7. The maximum atomic E-state index is 13.0. The normalized spacial score (nSPS) is 15.1. The number of nitrogen functional groups attached to an aromatic ring is 1. The average molecular weight is 308 g/mol. The van der Waals surface area contributed by atoms with Crippen LogP contribution in [0.3, 0.4) is 0 Å². The second-order valence-corrected chi connectivity index (χ2v) is 7.72. The van der Waals surface area contributed by atoms with Gasteiger partial charge in [-0.15, -0.1) is 0 Å². The summed E-state index contributed by atoms with van der Waals surface area (Å²) < 4.78 is 50.3. The van der Waals surface area contributed by atoms with Crippen LogP contribution in [-0.4, -0.2) is 30.7 Å². The minimum Gasteiger partial charge on any atom is -0.398 e. The molecule has 0 saturated heterocycles. The van der Waals surface area contributed by atoms with E-state index in [1.165, 1.54) is 6.07 Å². The third-order valence-electron chi connectivity index (χ3n) is 2.67. The Balaban J connectivity index is 2.76. The number of hydrogen-bond acceptors (Lipinski definition) is 4. The van der Waals surface area contributed by atoms with Crippen molar-refractivity contribution in [2.75, 3.05) is 18.5 Å². The molecule has 0 aliphatic rings. The Bertz CT molecular complexity index is 575. The second-order valence-electron chi connectivity index (χ2n) is 4.18. The third kappa shape index (κ3) is 4.55. The summed E-state index contributed by atoms with van der Waals surface area (Å²) in [6.45, 7) is 1.89. The van der Waals surface area contributed by atoms with Gasteiger partial charge < -0.3 is 5.73 Å². The van der Waals surface area contributed by atoms with E-state index in [0.29, 0.717) is 6.42 Å². The number of hydrogen-bond donors (Lipinski definition) is 2. The van der Waals surface area contributed by atoms with E-state index < -0.39 is 26.6 Å². The molecule has 0 bridgehead atoms. The highest BCUT2D eigenvalue weighted by atomic mass is 32.2. The molecule has 0 spiro atoms. The Morgan fingerprint density at radius 2 is 2.11 bits per heavy atom. The van der Waals surface area contributed by atoms with Gasteiger partial charge in [-0.1, -0.05) is 6.92 Å². The molecule has 108 valence electrons. The minimum absolute atomic E-state index is 0.0129. The van der Waals surface area contributed by atoms with Gasteiger partial charge in [-0.2, -0.15) is 0 Å². The molecular weight excluding hydrogens is 291 g/mol. The van der Waals surface area contributed by atoms with Crippen molar-refractivity contribution in [1.29, 1.82) is 0 Å². The molecule has 0 aliphatic heterocycles. The number of benzene rings is 1. The Morgan fingerprint density at radius 1 is 1.47 bits per heavy atom. The van der Waals surface area contributed by atoms with Crippen molar-refractivity contribution in [3.8, 4) is 0 Å². The van der Waals surface area contributed by atoms with Crippen LogP contribution in [0.1, 0.15) is 13.3 Å². The second kappa shape index (κ2) is 6.44. The fraction of sp³-hybridized carbons (Fsp3) is 0.455. The molecule has 8 heteroatoms. The van der Waals surface area contributed by atoms with Gasteiger partial charge in [-0.3, -0.25) is 4.21 Å². The van der Waals surface area contributed by atoms with E-state index in [1.54, 1.807) is 13.2 Å². The van der Waals surface area contributed by atoms with Gasteiger partial charge in [0.15, 0.2) is 0 Å². The molecular formula is C11H17FN2O3S2. The average Bonchev–Trinajstić information content (AvgIpc) is 2.31. The molecule has 1 aromatic rings. The molecule has 19 heavy (non-hydrogen) atoms. The molecule has 0 fully saturated rings. The SMILES string of the molecule is CC(CCNS(=O)(=O)c1cc(F)ccc1N)S(C)=O. The van der Waals surface area contributed by atoms with E-state index >= 15 is 0 Å². The predicted octanol–water partition coefficient (Wildman–Crippen LogP) is 0.843. The lowest BCUT2D eigenvalue weighted by molar-refractivity contribution is 0.575. The molecule has 1 aromatic carbocycles. The Morgan fingerprint density at radius 3 is 2.68 bits per heavy atom. The molecule has 3 N–H and O–H groups in total. The monoisotopic (exact) mass is 308 g/mol. The Labute approximate surface area is 114 Å². The number of anilines is 1. The molecule has 0 aliphatic carbocycles. The lowest BCUT2D eigenvalue weighted by Crippen LogP contribution is -2.28. The summed E-state index contributed by atoms with van der Waals surface area (Å²) in [7, 11) is -4.86. The summed E-state index contributed by atoms with van der Waals surface area (Å²) in [5.74, 6) is -0.669. The highest BCUT2D eigenvalue weighted by molar-refractivity contribution is 7.89. The van der Waals surface area contributed by atoms with Gasteiger partial charge in [-0.05, 0) is 24.6 Å². The maximum Gasteiger partial charge on any atom is 0.242 e. The number of nitrogens with two attached hydrogens (primary N) is 1. The smallest absolute Gasteiger partial charge is 0.242 e. The van der Waals surface area contributed by atoms with Gasteiger partial charge in [0.1, 0.15) is 10.7 Å². The van der Waals surface area contributed by atoms with Crippen LogP contribution in [-0.2, 0) is 20.8 Å². The minimum atomic E-state index is -3.85.